The molecule has 0 aliphatic heterocycles. The third-order valence-corrected chi connectivity index (χ3v) is 5.16. The monoisotopic (exact) mass is 491 g/mol. The van der Waals surface area contributed by atoms with E-state index in [4.69, 9.17) is 21.7 Å². The predicted molar refractivity (Wildman–Crippen MR) is 120 cm³/mol. The van der Waals surface area contributed by atoms with Crippen LogP contribution in [0.4, 0.5) is 0 Å². The van der Waals surface area contributed by atoms with E-state index in [1.165, 1.54) is 11.8 Å². The predicted octanol–water partition coefficient (Wildman–Crippen LogP) is -2.00. The average Bonchev–Trinajstić information content (AvgIpc) is 2.71. The molecule has 9 N–H and O–H groups in total. The topological polar surface area (TPSA) is 231 Å². The van der Waals surface area contributed by atoms with Crippen molar-refractivity contribution in [2.24, 2.45) is 17.4 Å². The number of carbonyl (C=O) groups excluding carboxylic acids is 4. The third kappa shape index (κ3) is 12.1. The van der Waals surface area contributed by atoms with E-state index < -0.39 is 78.5 Å². The van der Waals surface area contributed by atoms with Crippen LogP contribution < -0.4 is 27.4 Å². The number of rotatable bonds is 16. The van der Waals surface area contributed by atoms with E-state index in [2.05, 4.69) is 16.0 Å². The van der Waals surface area contributed by atoms with Gasteiger partial charge in [0.25, 0.3) is 0 Å². The molecule has 0 saturated heterocycles. The standard InChI is InChI=1S/C19H33N5O8S/c1-9(2)15(24-16(28)10(20)6-7-33-3)18(30)22-11(4-5-14(26)27)17(29)23-12(19(31)32)8-13(21)25/h9-12,15H,4-8,20H2,1-3H3,(H2,21,25)(H,22,30)(H,23,29)(H,24,28)(H,26,27)(H,31,32). The van der Waals surface area contributed by atoms with Gasteiger partial charge in [0.05, 0.1) is 12.5 Å². The summed E-state index contributed by atoms with van der Waals surface area (Å²) >= 11 is 1.51. The molecule has 0 spiro atoms. The van der Waals surface area contributed by atoms with Gasteiger partial charge in [-0.25, -0.2) is 4.79 Å². The number of nitrogens with two attached hydrogens (primary N) is 2. The first-order chi connectivity index (χ1) is 15.3. The molecule has 4 atom stereocenters. The Bertz CT molecular complexity index is 733. The molecule has 4 amide bonds. The Hall–Kier alpha value is -2.87. The zero-order chi connectivity index (χ0) is 25.7. The Balaban J connectivity index is 5.47. The Morgan fingerprint density at radius 3 is 1.91 bits per heavy atom. The van der Waals surface area contributed by atoms with E-state index >= 15 is 0 Å². The SMILES string of the molecule is CSCCC(N)C(=O)NC(C(=O)NC(CCC(=O)O)C(=O)NC(CC(N)=O)C(=O)O)C(C)C. The maximum Gasteiger partial charge on any atom is 0.326 e. The zero-order valence-corrected chi connectivity index (χ0v) is 19.6. The second kappa shape index (κ2) is 15.1. The van der Waals surface area contributed by atoms with E-state index in [9.17, 15) is 28.8 Å². The lowest BCUT2D eigenvalue weighted by Gasteiger charge is -2.26. The van der Waals surface area contributed by atoms with Gasteiger partial charge in [0, 0.05) is 6.42 Å². The lowest BCUT2D eigenvalue weighted by molar-refractivity contribution is -0.144. The number of amides is 4. The number of carboxylic acids is 2. The summed E-state index contributed by atoms with van der Waals surface area (Å²) < 4.78 is 0. The van der Waals surface area contributed by atoms with Gasteiger partial charge in [-0.2, -0.15) is 11.8 Å². The normalized spacial score (nSPS) is 14.5. The van der Waals surface area contributed by atoms with Crippen molar-refractivity contribution in [1.82, 2.24) is 16.0 Å². The second-order valence-electron chi connectivity index (χ2n) is 7.68. The molecular formula is C19H33N5O8S. The molecule has 0 saturated carbocycles. The fourth-order valence-corrected chi connectivity index (χ4v) is 3.13. The number of hydrogen-bond acceptors (Lipinski definition) is 8. The minimum atomic E-state index is -1.66. The van der Waals surface area contributed by atoms with Crippen LogP contribution in [0.2, 0.25) is 0 Å². The molecule has 0 aromatic rings. The van der Waals surface area contributed by atoms with Crippen LogP contribution in [0, 0.1) is 5.92 Å². The highest BCUT2D eigenvalue weighted by Crippen LogP contribution is 2.07. The van der Waals surface area contributed by atoms with Gasteiger partial charge in [0.2, 0.25) is 23.6 Å². The highest BCUT2D eigenvalue weighted by Gasteiger charge is 2.32. The van der Waals surface area contributed by atoms with Crippen molar-refractivity contribution >= 4 is 47.3 Å². The molecule has 0 rings (SSSR count). The second-order valence-corrected chi connectivity index (χ2v) is 8.67. The summed E-state index contributed by atoms with van der Waals surface area (Å²) in [7, 11) is 0. The highest BCUT2D eigenvalue weighted by atomic mass is 32.2. The number of primary amides is 1. The number of nitrogens with one attached hydrogen (secondary N) is 3. The molecule has 0 radical (unpaired) electrons. The summed E-state index contributed by atoms with van der Waals surface area (Å²) in [5, 5.41) is 25.1. The average molecular weight is 492 g/mol. The van der Waals surface area contributed by atoms with Gasteiger partial charge in [-0.1, -0.05) is 13.8 Å². The van der Waals surface area contributed by atoms with E-state index in [1.807, 2.05) is 6.26 Å². The van der Waals surface area contributed by atoms with Crippen molar-refractivity contribution in [1.29, 1.82) is 0 Å². The van der Waals surface area contributed by atoms with Crippen LogP contribution in [-0.2, 0) is 28.8 Å². The van der Waals surface area contributed by atoms with Gasteiger partial charge >= 0.3 is 11.9 Å². The Morgan fingerprint density at radius 2 is 1.45 bits per heavy atom. The summed E-state index contributed by atoms with van der Waals surface area (Å²) in [6, 6.07) is -5.03. The quantitative estimate of drug-likeness (QED) is 0.125. The van der Waals surface area contributed by atoms with Crippen LogP contribution in [0.3, 0.4) is 0 Å². The van der Waals surface area contributed by atoms with Crippen molar-refractivity contribution < 1.29 is 39.0 Å². The molecule has 13 nitrogen and oxygen atoms in total. The maximum atomic E-state index is 12.8. The highest BCUT2D eigenvalue weighted by molar-refractivity contribution is 7.98. The molecule has 4 unspecified atom stereocenters. The lowest BCUT2D eigenvalue weighted by Crippen LogP contribution is -2.58. The van der Waals surface area contributed by atoms with E-state index in [0.29, 0.717) is 12.2 Å². The van der Waals surface area contributed by atoms with Crippen molar-refractivity contribution in [3.8, 4) is 0 Å². The lowest BCUT2D eigenvalue weighted by atomic mass is 10.0. The van der Waals surface area contributed by atoms with Crippen LogP contribution in [0.5, 0.6) is 0 Å². The summed E-state index contributed by atoms with van der Waals surface area (Å²) in [6.45, 7) is 3.30. The van der Waals surface area contributed by atoms with Crippen LogP contribution in [0.15, 0.2) is 0 Å². The number of aliphatic carboxylic acids is 2. The summed E-state index contributed by atoms with van der Waals surface area (Å²) in [5.41, 5.74) is 10.8. The minimum absolute atomic E-state index is 0.359. The smallest absolute Gasteiger partial charge is 0.326 e. The Labute approximate surface area is 195 Å². The number of carboxylic acid groups (broad SMARTS) is 2. The fraction of sp³-hybridized carbons (Fsp3) is 0.684. The van der Waals surface area contributed by atoms with Crippen LogP contribution in [-0.4, -0.2) is 82.0 Å². The fourth-order valence-electron chi connectivity index (χ4n) is 2.64. The van der Waals surface area contributed by atoms with Crippen molar-refractivity contribution in [3.63, 3.8) is 0 Å². The van der Waals surface area contributed by atoms with Crippen LogP contribution in [0.1, 0.15) is 39.5 Å². The van der Waals surface area contributed by atoms with Gasteiger partial charge in [0.15, 0.2) is 0 Å². The summed E-state index contributed by atoms with van der Waals surface area (Å²) in [5.74, 6) is -5.87. The van der Waals surface area contributed by atoms with Crippen LogP contribution >= 0.6 is 11.8 Å². The molecule has 0 heterocycles. The van der Waals surface area contributed by atoms with Crippen LogP contribution in [0.25, 0.3) is 0 Å². The number of carbonyl (C=O) groups is 6. The minimum Gasteiger partial charge on any atom is -0.481 e. The van der Waals surface area contributed by atoms with E-state index in [1.54, 1.807) is 13.8 Å². The first-order valence-corrected chi connectivity index (χ1v) is 11.6. The molecule has 33 heavy (non-hydrogen) atoms. The van der Waals surface area contributed by atoms with Gasteiger partial charge in [0.1, 0.15) is 18.1 Å². The molecule has 0 bridgehead atoms. The van der Waals surface area contributed by atoms with Crippen molar-refractivity contribution in [3.05, 3.63) is 0 Å². The van der Waals surface area contributed by atoms with Crippen molar-refractivity contribution in [2.75, 3.05) is 12.0 Å². The molecule has 0 aromatic carbocycles. The molecular weight excluding hydrogens is 458 g/mol. The van der Waals surface area contributed by atoms with Crippen molar-refractivity contribution in [2.45, 2.75) is 63.7 Å². The van der Waals surface area contributed by atoms with E-state index in [-0.39, 0.29) is 6.42 Å². The first kappa shape index (κ1) is 30.1. The van der Waals surface area contributed by atoms with E-state index in [0.717, 1.165) is 0 Å². The van der Waals surface area contributed by atoms with Gasteiger partial charge in [-0.05, 0) is 30.8 Å². The molecule has 0 fully saturated rings. The molecule has 14 heteroatoms. The maximum absolute atomic E-state index is 12.8. The van der Waals surface area contributed by atoms with Gasteiger partial charge < -0.3 is 37.6 Å². The van der Waals surface area contributed by atoms with Gasteiger partial charge in [-0.3, -0.25) is 24.0 Å². The number of hydrogen-bond donors (Lipinski definition) is 7. The van der Waals surface area contributed by atoms with Gasteiger partial charge in [-0.15, -0.1) is 0 Å². The molecule has 0 aliphatic rings. The molecule has 0 aromatic heterocycles. The largest absolute Gasteiger partial charge is 0.481 e. The summed E-state index contributed by atoms with van der Waals surface area (Å²) in [4.78, 5) is 71.0. The Morgan fingerprint density at radius 1 is 0.879 bits per heavy atom. The number of thioether (sulfide) groups is 1. The molecule has 188 valence electrons. The zero-order valence-electron chi connectivity index (χ0n) is 18.8. The molecule has 0 aliphatic carbocycles. The first-order valence-electron chi connectivity index (χ1n) is 10.2. The Kier molecular flexibility index (Phi) is 13.7. The third-order valence-electron chi connectivity index (χ3n) is 4.52. The summed E-state index contributed by atoms with van der Waals surface area (Å²) in [6.07, 6.45) is 0.681.